The predicted octanol–water partition coefficient (Wildman–Crippen LogP) is 3.47. The zero-order valence-electron chi connectivity index (χ0n) is 15.5. The van der Waals surface area contributed by atoms with Crippen molar-refractivity contribution in [2.24, 2.45) is 0 Å². The summed E-state index contributed by atoms with van der Waals surface area (Å²) in [5, 5.41) is 9.93. The molecule has 0 aliphatic carbocycles. The average molecular weight is 354 g/mol. The second kappa shape index (κ2) is 10.1. The predicted molar refractivity (Wildman–Crippen MR) is 104 cm³/mol. The number of H-pyrrole nitrogens is 1. The van der Waals surface area contributed by atoms with Crippen LogP contribution in [0.5, 0.6) is 0 Å². The molecule has 0 radical (unpaired) electrons. The van der Waals surface area contributed by atoms with Gasteiger partial charge in [-0.25, -0.2) is 0 Å². The standard InChI is InChI=1S/C21H30N4O/c26-21(12-8-9-18-15-23-24-16-18)22-17-20(19-10-4-3-5-11-19)25-13-6-1-2-7-14-25/h3-5,10-11,15-16,20H,1-2,6-9,12-14,17H2,(H,22,26)(H,23,24)/t20-/m0/s1. The van der Waals surface area contributed by atoms with Crippen LogP contribution in [0.15, 0.2) is 42.7 Å². The van der Waals surface area contributed by atoms with Crippen molar-refractivity contribution in [1.29, 1.82) is 0 Å². The zero-order chi connectivity index (χ0) is 18.0. The van der Waals surface area contributed by atoms with E-state index in [-0.39, 0.29) is 11.9 Å². The van der Waals surface area contributed by atoms with Crippen molar-refractivity contribution in [2.45, 2.75) is 51.0 Å². The fraction of sp³-hybridized carbons (Fsp3) is 0.524. The molecule has 0 unspecified atom stereocenters. The number of benzene rings is 1. The van der Waals surface area contributed by atoms with E-state index >= 15 is 0 Å². The number of aromatic amines is 1. The van der Waals surface area contributed by atoms with Crippen molar-refractivity contribution in [1.82, 2.24) is 20.4 Å². The normalized spacial score (nSPS) is 16.8. The molecule has 2 heterocycles. The summed E-state index contributed by atoms with van der Waals surface area (Å²) in [5.74, 6) is 0.143. The quantitative estimate of drug-likeness (QED) is 0.763. The molecule has 1 fully saturated rings. The summed E-state index contributed by atoms with van der Waals surface area (Å²) in [6, 6.07) is 10.9. The maximum absolute atomic E-state index is 12.3. The van der Waals surface area contributed by atoms with Gasteiger partial charge in [-0.05, 0) is 49.9 Å². The van der Waals surface area contributed by atoms with Gasteiger partial charge in [-0.15, -0.1) is 0 Å². The molecule has 5 heteroatoms. The van der Waals surface area contributed by atoms with E-state index in [1.807, 2.05) is 12.4 Å². The van der Waals surface area contributed by atoms with Gasteiger partial charge in [0, 0.05) is 19.2 Å². The first kappa shape index (κ1) is 18.6. The van der Waals surface area contributed by atoms with Crippen molar-refractivity contribution in [3.8, 4) is 0 Å². The Bertz CT molecular complexity index is 633. The zero-order valence-corrected chi connectivity index (χ0v) is 15.5. The highest BCUT2D eigenvalue weighted by molar-refractivity contribution is 5.75. The third-order valence-corrected chi connectivity index (χ3v) is 5.18. The Morgan fingerprint density at radius 3 is 2.62 bits per heavy atom. The van der Waals surface area contributed by atoms with Gasteiger partial charge in [0.2, 0.25) is 5.91 Å². The van der Waals surface area contributed by atoms with E-state index in [1.54, 1.807) is 0 Å². The molecule has 1 saturated heterocycles. The first-order valence-corrected chi connectivity index (χ1v) is 9.86. The number of amides is 1. The highest BCUT2D eigenvalue weighted by Gasteiger charge is 2.21. The van der Waals surface area contributed by atoms with Gasteiger partial charge in [0.1, 0.15) is 0 Å². The molecule has 3 rings (SSSR count). The number of carbonyl (C=O) groups excluding carboxylic acids is 1. The number of hydrogen-bond donors (Lipinski definition) is 2. The second-order valence-corrected chi connectivity index (χ2v) is 7.14. The topological polar surface area (TPSA) is 61.0 Å². The number of nitrogens with zero attached hydrogens (tertiary/aromatic N) is 2. The molecular weight excluding hydrogens is 324 g/mol. The lowest BCUT2D eigenvalue weighted by atomic mass is 10.0. The lowest BCUT2D eigenvalue weighted by molar-refractivity contribution is -0.121. The first-order valence-electron chi connectivity index (χ1n) is 9.86. The van der Waals surface area contributed by atoms with Crippen LogP contribution in [0.4, 0.5) is 0 Å². The first-order chi connectivity index (χ1) is 12.8. The average Bonchev–Trinajstić information content (AvgIpc) is 3.04. The van der Waals surface area contributed by atoms with Crippen LogP contribution in [0.2, 0.25) is 0 Å². The molecule has 1 aromatic heterocycles. The van der Waals surface area contributed by atoms with Gasteiger partial charge in [0.05, 0.1) is 12.2 Å². The van der Waals surface area contributed by atoms with Crippen LogP contribution in [-0.2, 0) is 11.2 Å². The Morgan fingerprint density at radius 2 is 1.92 bits per heavy atom. The summed E-state index contributed by atoms with van der Waals surface area (Å²) >= 11 is 0. The lowest BCUT2D eigenvalue weighted by Gasteiger charge is -2.31. The maximum atomic E-state index is 12.3. The third-order valence-electron chi connectivity index (χ3n) is 5.18. The van der Waals surface area contributed by atoms with Gasteiger partial charge in [-0.2, -0.15) is 5.10 Å². The Morgan fingerprint density at radius 1 is 1.15 bits per heavy atom. The molecule has 1 atom stereocenters. The molecule has 1 amide bonds. The summed E-state index contributed by atoms with van der Waals surface area (Å²) in [7, 11) is 0. The van der Waals surface area contributed by atoms with Gasteiger partial charge < -0.3 is 5.32 Å². The Hall–Kier alpha value is -2.14. The molecule has 2 aromatic rings. The number of rotatable bonds is 8. The maximum Gasteiger partial charge on any atom is 0.220 e. The summed E-state index contributed by atoms with van der Waals surface area (Å²) in [6.07, 6.45) is 11.2. The van der Waals surface area contributed by atoms with E-state index in [2.05, 4.69) is 50.7 Å². The minimum absolute atomic E-state index is 0.143. The lowest BCUT2D eigenvalue weighted by Crippen LogP contribution is -2.38. The van der Waals surface area contributed by atoms with Crippen LogP contribution in [0, 0.1) is 0 Å². The van der Waals surface area contributed by atoms with Crippen LogP contribution >= 0.6 is 0 Å². The molecule has 26 heavy (non-hydrogen) atoms. The Labute approximate surface area is 156 Å². The van der Waals surface area contributed by atoms with Gasteiger partial charge in [0.15, 0.2) is 0 Å². The van der Waals surface area contributed by atoms with Gasteiger partial charge >= 0.3 is 0 Å². The molecule has 0 saturated carbocycles. The van der Waals surface area contributed by atoms with Crippen LogP contribution in [-0.4, -0.2) is 40.6 Å². The Kier molecular flexibility index (Phi) is 7.25. The molecule has 1 aliphatic rings. The number of carbonyl (C=O) groups is 1. The van der Waals surface area contributed by atoms with Crippen molar-refractivity contribution in [2.75, 3.05) is 19.6 Å². The van der Waals surface area contributed by atoms with Crippen LogP contribution in [0.1, 0.15) is 55.7 Å². The van der Waals surface area contributed by atoms with Crippen molar-refractivity contribution < 1.29 is 4.79 Å². The monoisotopic (exact) mass is 354 g/mol. The molecule has 140 valence electrons. The van der Waals surface area contributed by atoms with E-state index in [0.29, 0.717) is 13.0 Å². The van der Waals surface area contributed by atoms with Gasteiger partial charge in [-0.3, -0.25) is 14.8 Å². The summed E-state index contributed by atoms with van der Waals surface area (Å²) in [4.78, 5) is 14.9. The largest absolute Gasteiger partial charge is 0.354 e. The highest BCUT2D eigenvalue weighted by atomic mass is 16.1. The van der Waals surface area contributed by atoms with Crippen molar-refractivity contribution in [3.05, 3.63) is 53.9 Å². The van der Waals surface area contributed by atoms with E-state index in [0.717, 1.165) is 31.5 Å². The Balaban J connectivity index is 1.52. The second-order valence-electron chi connectivity index (χ2n) is 7.14. The number of aryl methyl sites for hydroxylation is 1. The summed E-state index contributed by atoms with van der Waals surface area (Å²) < 4.78 is 0. The number of aromatic nitrogens is 2. The van der Waals surface area contributed by atoms with Crippen molar-refractivity contribution in [3.63, 3.8) is 0 Å². The van der Waals surface area contributed by atoms with Gasteiger partial charge in [0.25, 0.3) is 0 Å². The highest BCUT2D eigenvalue weighted by Crippen LogP contribution is 2.23. The van der Waals surface area contributed by atoms with E-state index in [9.17, 15) is 4.79 Å². The summed E-state index contributed by atoms with van der Waals surface area (Å²) in [6.45, 7) is 2.93. The summed E-state index contributed by atoms with van der Waals surface area (Å²) in [5.41, 5.74) is 2.46. The van der Waals surface area contributed by atoms with E-state index < -0.39 is 0 Å². The minimum Gasteiger partial charge on any atom is -0.354 e. The molecule has 1 aliphatic heterocycles. The number of hydrogen-bond acceptors (Lipinski definition) is 3. The van der Waals surface area contributed by atoms with Crippen LogP contribution < -0.4 is 5.32 Å². The van der Waals surface area contributed by atoms with Gasteiger partial charge in [-0.1, -0.05) is 43.2 Å². The third kappa shape index (κ3) is 5.70. The SMILES string of the molecule is O=C(CCCc1cn[nH]c1)NC[C@@H](c1ccccc1)N1CCCCCC1. The minimum atomic E-state index is 0.143. The molecule has 1 aromatic carbocycles. The van der Waals surface area contributed by atoms with E-state index in [4.69, 9.17) is 0 Å². The smallest absolute Gasteiger partial charge is 0.220 e. The fourth-order valence-electron chi connectivity index (χ4n) is 3.71. The molecule has 5 nitrogen and oxygen atoms in total. The fourth-order valence-corrected chi connectivity index (χ4v) is 3.71. The van der Waals surface area contributed by atoms with Crippen molar-refractivity contribution >= 4 is 5.91 Å². The molecular formula is C21H30N4O. The molecule has 0 bridgehead atoms. The molecule has 2 N–H and O–H groups in total. The number of nitrogens with one attached hydrogen (secondary N) is 2. The van der Waals surface area contributed by atoms with Crippen LogP contribution in [0.3, 0.4) is 0 Å². The molecule has 0 spiro atoms. The number of likely N-dealkylation sites (tertiary alicyclic amines) is 1. The van der Waals surface area contributed by atoms with E-state index in [1.165, 1.54) is 31.2 Å². The van der Waals surface area contributed by atoms with Crippen LogP contribution in [0.25, 0.3) is 0 Å².